The van der Waals surface area contributed by atoms with Gasteiger partial charge in [0.1, 0.15) is 5.70 Å². The van der Waals surface area contributed by atoms with Crippen molar-refractivity contribution in [2.75, 3.05) is 18.6 Å². The molecule has 0 aromatic heterocycles. The predicted octanol–water partition coefficient (Wildman–Crippen LogP) is 4.57. The lowest BCUT2D eigenvalue weighted by Crippen LogP contribution is -2.31. The van der Waals surface area contributed by atoms with Gasteiger partial charge >= 0.3 is 0 Å². The molecule has 0 atom stereocenters. The zero-order valence-corrected chi connectivity index (χ0v) is 17.5. The van der Waals surface area contributed by atoms with Crippen molar-refractivity contribution in [1.82, 2.24) is 5.32 Å². The third-order valence-corrected chi connectivity index (χ3v) is 4.90. The van der Waals surface area contributed by atoms with Crippen LogP contribution in [0.2, 0.25) is 5.02 Å². The molecule has 1 amide bonds. The molecular weight excluding hydrogens is 396 g/mol. The predicted molar refractivity (Wildman–Crippen MR) is 116 cm³/mol. The van der Waals surface area contributed by atoms with Crippen LogP contribution in [0.3, 0.4) is 0 Å². The van der Waals surface area contributed by atoms with Crippen molar-refractivity contribution in [3.63, 3.8) is 0 Å². The minimum atomic E-state index is -0.212. The number of para-hydroxylation sites is 1. The number of ether oxygens (including phenoxy) is 2. The average molecular weight is 417 g/mol. The van der Waals surface area contributed by atoms with Gasteiger partial charge in [-0.25, -0.2) is 0 Å². The molecule has 0 saturated carbocycles. The van der Waals surface area contributed by atoms with E-state index >= 15 is 0 Å². The van der Waals surface area contributed by atoms with Crippen LogP contribution in [0.15, 0.2) is 42.1 Å². The number of amides is 1. The highest BCUT2D eigenvalue weighted by Gasteiger charge is 2.33. The van der Waals surface area contributed by atoms with Gasteiger partial charge in [-0.3, -0.25) is 9.69 Å². The van der Waals surface area contributed by atoms with Gasteiger partial charge in [0.25, 0.3) is 5.91 Å². The van der Waals surface area contributed by atoms with Crippen LogP contribution in [0.5, 0.6) is 11.5 Å². The lowest BCUT2D eigenvalue weighted by molar-refractivity contribution is -0.113. The quantitative estimate of drug-likeness (QED) is 0.552. The summed E-state index contributed by atoms with van der Waals surface area (Å²) in [5.41, 5.74) is 2.92. The molecule has 1 heterocycles. The fraction of sp³-hybridized carbons (Fsp3) is 0.238. The van der Waals surface area contributed by atoms with E-state index in [-0.39, 0.29) is 5.91 Å². The Morgan fingerprint density at radius 3 is 2.68 bits per heavy atom. The highest BCUT2D eigenvalue weighted by molar-refractivity contribution is 7.80. The molecule has 28 heavy (non-hydrogen) atoms. The van der Waals surface area contributed by atoms with Gasteiger partial charge in [0, 0.05) is 0 Å². The molecule has 2 aromatic carbocycles. The summed E-state index contributed by atoms with van der Waals surface area (Å²) in [6.07, 6.45) is 2.50. The van der Waals surface area contributed by atoms with E-state index in [0.717, 1.165) is 17.7 Å². The summed E-state index contributed by atoms with van der Waals surface area (Å²) in [5.74, 6) is 0.770. The Labute approximate surface area is 174 Å². The van der Waals surface area contributed by atoms with E-state index in [0.29, 0.717) is 39.5 Å². The van der Waals surface area contributed by atoms with Crippen LogP contribution in [0.4, 0.5) is 5.69 Å². The van der Waals surface area contributed by atoms with Crippen LogP contribution in [-0.4, -0.2) is 24.7 Å². The highest BCUT2D eigenvalue weighted by Crippen LogP contribution is 2.37. The number of thiocarbonyl (C=S) groups is 1. The van der Waals surface area contributed by atoms with Gasteiger partial charge in [-0.05, 0) is 61.0 Å². The van der Waals surface area contributed by atoms with E-state index in [1.165, 1.54) is 12.0 Å². The van der Waals surface area contributed by atoms with Crippen LogP contribution in [0.1, 0.15) is 25.0 Å². The summed E-state index contributed by atoms with van der Waals surface area (Å²) >= 11 is 11.7. The first-order valence-corrected chi connectivity index (χ1v) is 9.74. The van der Waals surface area contributed by atoms with Crippen molar-refractivity contribution in [2.45, 2.75) is 20.3 Å². The second-order valence-corrected chi connectivity index (χ2v) is 6.87. The normalized spacial score (nSPS) is 15.1. The summed E-state index contributed by atoms with van der Waals surface area (Å²) < 4.78 is 10.9. The molecule has 146 valence electrons. The highest BCUT2D eigenvalue weighted by atomic mass is 35.5. The number of hydrogen-bond donors (Lipinski definition) is 1. The number of anilines is 1. The topological polar surface area (TPSA) is 50.8 Å². The number of rotatable bonds is 6. The van der Waals surface area contributed by atoms with Crippen molar-refractivity contribution in [3.8, 4) is 11.5 Å². The van der Waals surface area contributed by atoms with Crippen LogP contribution >= 0.6 is 23.8 Å². The van der Waals surface area contributed by atoms with Crippen LogP contribution < -0.4 is 19.7 Å². The number of aryl methyl sites for hydroxylation is 1. The monoisotopic (exact) mass is 416 g/mol. The van der Waals surface area contributed by atoms with Gasteiger partial charge in [-0.1, -0.05) is 36.7 Å². The number of nitrogens with zero attached hydrogens (tertiary/aromatic N) is 1. The van der Waals surface area contributed by atoms with E-state index in [1.807, 2.05) is 38.1 Å². The Hall–Kier alpha value is -2.57. The summed E-state index contributed by atoms with van der Waals surface area (Å²) in [6.45, 7) is 4.39. The number of nitrogens with one attached hydrogen (secondary N) is 1. The first-order chi connectivity index (χ1) is 13.5. The maximum absolute atomic E-state index is 13.0. The van der Waals surface area contributed by atoms with E-state index < -0.39 is 0 Å². The third-order valence-electron chi connectivity index (χ3n) is 4.34. The van der Waals surface area contributed by atoms with E-state index in [9.17, 15) is 4.79 Å². The van der Waals surface area contributed by atoms with Crippen LogP contribution in [0.25, 0.3) is 6.08 Å². The molecule has 0 unspecified atom stereocenters. The van der Waals surface area contributed by atoms with Gasteiger partial charge in [0.05, 0.1) is 24.4 Å². The SMILES string of the molecule is CCOc1cc(/C=C2\NC(=S)N(c3ccccc3CC)C2=O)cc(Cl)c1OC. The van der Waals surface area contributed by atoms with Crippen molar-refractivity contribution >= 4 is 46.6 Å². The molecule has 5 nitrogen and oxygen atoms in total. The molecule has 0 spiro atoms. The zero-order chi connectivity index (χ0) is 20.3. The molecule has 1 fully saturated rings. The van der Waals surface area contributed by atoms with Crippen molar-refractivity contribution in [3.05, 3.63) is 58.2 Å². The van der Waals surface area contributed by atoms with Crippen molar-refractivity contribution in [2.24, 2.45) is 0 Å². The third kappa shape index (κ3) is 3.84. The molecule has 3 rings (SSSR count). The summed E-state index contributed by atoms with van der Waals surface area (Å²) in [7, 11) is 1.53. The largest absolute Gasteiger partial charge is 0.491 e. The number of hydrogen-bond acceptors (Lipinski definition) is 4. The summed E-state index contributed by atoms with van der Waals surface area (Å²) in [4.78, 5) is 14.5. The molecule has 7 heteroatoms. The lowest BCUT2D eigenvalue weighted by atomic mass is 10.1. The fourth-order valence-electron chi connectivity index (χ4n) is 3.08. The average Bonchev–Trinajstić information content (AvgIpc) is 2.95. The Bertz CT molecular complexity index is 959. The van der Waals surface area contributed by atoms with Crippen molar-refractivity contribution in [1.29, 1.82) is 0 Å². The van der Waals surface area contributed by atoms with Crippen LogP contribution in [-0.2, 0) is 11.2 Å². The Kier molecular flexibility index (Phi) is 6.21. The molecule has 0 aliphatic carbocycles. The smallest absolute Gasteiger partial charge is 0.281 e. The molecule has 1 aliphatic heterocycles. The molecule has 1 saturated heterocycles. The second kappa shape index (κ2) is 8.63. The minimum Gasteiger partial charge on any atom is -0.491 e. The number of carbonyl (C=O) groups is 1. The minimum absolute atomic E-state index is 0.212. The molecule has 0 radical (unpaired) electrons. The Morgan fingerprint density at radius 1 is 1.25 bits per heavy atom. The maximum atomic E-state index is 13.0. The molecule has 1 N–H and O–H groups in total. The number of carbonyl (C=O) groups excluding carboxylic acids is 1. The molecule has 1 aliphatic rings. The van der Waals surface area contributed by atoms with Crippen molar-refractivity contribution < 1.29 is 14.3 Å². The van der Waals surface area contributed by atoms with E-state index in [1.54, 1.807) is 18.2 Å². The first kappa shape index (κ1) is 20.2. The summed E-state index contributed by atoms with van der Waals surface area (Å²) in [6, 6.07) is 11.2. The molecule has 0 bridgehead atoms. The number of benzene rings is 2. The Morgan fingerprint density at radius 2 is 2.00 bits per heavy atom. The Balaban J connectivity index is 1.98. The van der Waals surface area contributed by atoms with Crippen LogP contribution in [0, 0.1) is 0 Å². The van der Waals surface area contributed by atoms with Gasteiger partial charge < -0.3 is 14.8 Å². The zero-order valence-electron chi connectivity index (χ0n) is 15.9. The van der Waals surface area contributed by atoms with Gasteiger partial charge in [0.2, 0.25) is 0 Å². The maximum Gasteiger partial charge on any atom is 0.281 e. The standard InChI is InChI=1S/C21H21ClN2O3S/c1-4-14-8-6-7-9-17(14)24-20(25)16(23-21(24)28)11-13-10-15(22)19(26-3)18(12-13)27-5-2/h6-12H,4-5H2,1-3H3,(H,23,28)/b16-11-. The van der Waals surface area contributed by atoms with Gasteiger partial charge in [0.15, 0.2) is 16.6 Å². The first-order valence-electron chi connectivity index (χ1n) is 8.95. The summed E-state index contributed by atoms with van der Waals surface area (Å²) in [5, 5.41) is 3.76. The fourth-order valence-corrected chi connectivity index (χ4v) is 3.67. The molecule has 2 aromatic rings. The van der Waals surface area contributed by atoms with Gasteiger partial charge in [-0.2, -0.15) is 0 Å². The molecular formula is C21H21ClN2O3S. The van der Waals surface area contributed by atoms with Gasteiger partial charge in [-0.15, -0.1) is 0 Å². The number of methoxy groups -OCH3 is 1. The second-order valence-electron chi connectivity index (χ2n) is 6.08. The van der Waals surface area contributed by atoms with E-state index in [2.05, 4.69) is 5.32 Å². The van der Waals surface area contributed by atoms with E-state index in [4.69, 9.17) is 33.3 Å². The number of halogens is 1. The lowest BCUT2D eigenvalue weighted by Gasteiger charge is -2.17.